The Morgan fingerprint density at radius 3 is 2.59 bits per heavy atom. The van der Waals surface area contributed by atoms with E-state index in [1.54, 1.807) is 12.3 Å². The molecule has 0 aliphatic carbocycles. The van der Waals surface area contributed by atoms with Gasteiger partial charge in [0.25, 0.3) is 5.91 Å². The summed E-state index contributed by atoms with van der Waals surface area (Å²) in [5, 5.41) is 0. The Hall–Kier alpha value is -2.36. The number of hydrogen-bond acceptors (Lipinski definition) is 3. The second-order valence-electron chi connectivity index (χ2n) is 5.88. The summed E-state index contributed by atoms with van der Waals surface area (Å²) in [4.78, 5) is 17.6. The van der Waals surface area contributed by atoms with Crippen molar-refractivity contribution < 1.29 is 4.79 Å². The van der Waals surface area contributed by atoms with Crippen LogP contribution in [0.5, 0.6) is 0 Å². The average Bonchev–Trinajstić information content (AvgIpc) is 2.56. The maximum absolute atomic E-state index is 11.2. The van der Waals surface area contributed by atoms with Crippen molar-refractivity contribution in [3.63, 3.8) is 0 Å². The number of piperidine rings is 1. The second kappa shape index (κ2) is 6.60. The van der Waals surface area contributed by atoms with E-state index in [-0.39, 0.29) is 0 Å². The zero-order valence-electron chi connectivity index (χ0n) is 12.6. The van der Waals surface area contributed by atoms with Gasteiger partial charge >= 0.3 is 0 Å². The van der Waals surface area contributed by atoms with Crippen LogP contribution in [-0.4, -0.2) is 24.0 Å². The predicted molar refractivity (Wildman–Crippen MR) is 87.8 cm³/mol. The van der Waals surface area contributed by atoms with E-state index in [0.29, 0.717) is 5.69 Å². The second-order valence-corrected chi connectivity index (χ2v) is 5.88. The third-order valence-corrected chi connectivity index (χ3v) is 4.34. The highest BCUT2D eigenvalue weighted by Crippen LogP contribution is 2.25. The SMILES string of the molecule is NC(=O)c1cc(N2CCC(Cc3ccccc3)CC2)ccn1. The molecule has 2 N–H and O–H groups in total. The van der Waals surface area contributed by atoms with Crippen molar-refractivity contribution in [2.75, 3.05) is 18.0 Å². The number of hydrogen-bond donors (Lipinski definition) is 1. The number of anilines is 1. The summed E-state index contributed by atoms with van der Waals surface area (Å²) in [7, 11) is 0. The maximum atomic E-state index is 11.2. The number of rotatable bonds is 4. The van der Waals surface area contributed by atoms with E-state index in [1.165, 1.54) is 18.4 Å². The number of aromatic nitrogens is 1. The standard InChI is InChI=1S/C18H21N3O/c19-18(22)17-13-16(6-9-20-17)21-10-7-15(8-11-21)12-14-4-2-1-3-5-14/h1-6,9,13,15H,7-8,10-12H2,(H2,19,22). The largest absolute Gasteiger partial charge is 0.371 e. The first-order chi connectivity index (χ1) is 10.7. The van der Waals surface area contributed by atoms with Crippen LogP contribution in [0, 0.1) is 5.92 Å². The molecule has 1 aromatic heterocycles. The molecule has 0 unspecified atom stereocenters. The van der Waals surface area contributed by atoms with E-state index in [1.807, 2.05) is 6.07 Å². The van der Waals surface area contributed by atoms with Crippen LogP contribution in [0.3, 0.4) is 0 Å². The highest BCUT2D eigenvalue weighted by molar-refractivity contribution is 5.91. The van der Waals surface area contributed by atoms with Crippen molar-refractivity contribution >= 4 is 11.6 Å². The number of carbonyl (C=O) groups excluding carboxylic acids is 1. The number of pyridine rings is 1. The number of nitrogens with zero attached hydrogens (tertiary/aromatic N) is 2. The monoisotopic (exact) mass is 295 g/mol. The molecule has 2 heterocycles. The molecular formula is C18H21N3O. The molecule has 1 amide bonds. The van der Waals surface area contributed by atoms with Gasteiger partial charge in [-0.15, -0.1) is 0 Å². The molecule has 3 rings (SSSR count). The quantitative estimate of drug-likeness (QED) is 0.943. The molecule has 1 aliphatic heterocycles. The summed E-state index contributed by atoms with van der Waals surface area (Å²) < 4.78 is 0. The molecule has 1 aromatic carbocycles. The molecule has 114 valence electrons. The van der Waals surface area contributed by atoms with Gasteiger partial charge in [-0.25, -0.2) is 0 Å². The molecule has 0 radical (unpaired) electrons. The summed E-state index contributed by atoms with van der Waals surface area (Å²) >= 11 is 0. The van der Waals surface area contributed by atoms with Crippen LogP contribution in [0.25, 0.3) is 0 Å². The van der Waals surface area contributed by atoms with Gasteiger partial charge in [0.1, 0.15) is 5.69 Å². The van der Waals surface area contributed by atoms with Crippen LogP contribution in [-0.2, 0) is 6.42 Å². The average molecular weight is 295 g/mol. The van der Waals surface area contributed by atoms with Crippen molar-refractivity contribution in [1.29, 1.82) is 0 Å². The zero-order valence-corrected chi connectivity index (χ0v) is 12.6. The van der Waals surface area contributed by atoms with Crippen LogP contribution >= 0.6 is 0 Å². The van der Waals surface area contributed by atoms with Gasteiger partial charge in [-0.3, -0.25) is 9.78 Å². The summed E-state index contributed by atoms with van der Waals surface area (Å²) in [5.74, 6) is 0.261. The summed E-state index contributed by atoms with van der Waals surface area (Å²) in [6.07, 6.45) is 5.15. The van der Waals surface area contributed by atoms with E-state index in [9.17, 15) is 4.79 Å². The summed E-state index contributed by atoms with van der Waals surface area (Å²) in [6, 6.07) is 14.4. The minimum absolute atomic E-state index is 0.337. The lowest BCUT2D eigenvalue weighted by Gasteiger charge is -2.33. The van der Waals surface area contributed by atoms with Crippen molar-refractivity contribution in [2.45, 2.75) is 19.3 Å². The van der Waals surface area contributed by atoms with Gasteiger partial charge < -0.3 is 10.6 Å². The first-order valence-corrected chi connectivity index (χ1v) is 7.77. The molecule has 22 heavy (non-hydrogen) atoms. The van der Waals surface area contributed by atoms with E-state index in [0.717, 1.165) is 31.1 Å². The lowest BCUT2D eigenvalue weighted by atomic mass is 9.90. The molecule has 0 atom stereocenters. The Morgan fingerprint density at radius 1 is 1.18 bits per heavy atom. The van der Waals surface area contributed by atoms with Crippen LogP contribution in [0.15, 0.2) is 48.7 Å². The minimum atomic E-state index is -0.471. The van der Waals surface area contributed by atoms with Gasteiger partial charge in [-0.2, -0.15) is 0 Å². The first kappa shape index (κ1) is 14.6. The molecule has 0 saturated carbocycles. The van der Waals surface area contributed by atoms with Crippen LogP contribution in [0.4, 0.5) is 5.69 Å². The van der Waals surface area contributed by atoms with E-state index in [2.05, 4.69) is 40.2 Å². The van der Waals surface area contributed by atoms with Crippen LogP contribution < -0.4 is 10.6 Å². The molecular weight excluding hydrogens is 274 g/mol. The van der Waals surface area contributed by atoms with Crippen LogP contribution in [0.1, 0.15) is 28.9 Å². The fraction of sp³-hybridized carbons (Fsp3) is 0.333. The predicted octanol–water partition coefficient (Wildman–Crippen LogP) is 2.64. The van der Waals surface area contributed by atoms with Gasteiger partial charge in [0.2, 0.25) is 0 Å². The molecule has 0 spiro atoms. The Morgan fingerprint density at radius 2 is 1.91 bits per heavy atom. The van der Waals surface area contributed by atoms with Crippen LogP contribution in [0.2, 0.25) is 0 Å². The van der Waals surface area contributed by atoms with Gasteiger partial charge in [-0.05, 0) is 42.9 Å². The Bertz CT molecular complexity index is 634. The van der Waals surface area contributed by atoms with E-state index in [4.69, 9.17) is 5.73 Å². The number of benzene rings is 1. The smallest absolute Gasteiger partial charge is 0.267 e. The third kappa shape index (κ3) is 3.45. The zero-order chi connectivity index (χ0) is 15.4. The number of carbonyl (C=O) groups is 1. The molecule has 4 nitrogen and oxygen atoms in total. The van der Waals surface area contributed by atoms with Crippen molar-refractivity contribution in [2.24, 2.45) is 11.7 Å². The Kier molecular flexibility index (Phi) is 4.37. The van der Waals surface area contributed by atoms with E-state index < -0.39 is 5.91 Å². The Balaban J connectivity index is 1.60. The highest BCUT2D eigenvalue weighted by Gasteiger charge is 2.20. The minimum Gasteiger partial charge on any atom is -0.371 e. The van der Waals surface area contributed by atoms with Gasteiger partial charge in [0.15, 0.2) is 0 Å². The first-order valence-electron chi connectivity index (χ1n) is 7.77. The molecule has 1 aliphatic rings. The lowest BCUT2D eigenvalue weighted by molar-refractivity contribution is 0.0995. The Labute approximate surface area is 131 Å². The highest BCUT2D eigenvalue weighted by atomic mass is 16.1. The normalized spacial score (nSPS) is 15.7. The molecule has 1 fully saturated rings. The number of primary amides is 1. The molecule has 1 saturated heterocycles. The van der Waals surface area contributed by atoms with Crippen molar-refractivity contribution in [3.8, 4) is 0 Å². The fourth-order valence-electron chi connectivity index (χ4n) is 3.09. The molecule has 0 bridgehead atoms. The molecule has 2 aromatic rings. The van der Waals surface area contributed by atoms with Crippen molar-refractivity contribution in [3.05, 3.63) is 59.9 Å². The van der Waals surface area contributed by atoms with Gasteiger partial charge in [0.05, 0.1) is 0 Å². The fourth-order valence-corrected chi connectivity index (χ4v) is 3.09. The number of nitrogens with two attached hydrogens (primary N) is 1. The van der Waals surface area contributed by atoms with Gasteiger partial charge in [-0.1, -0.05) is 30.3 Å². The summed E-state index contributed by atoms with van der Waals surface area (Å²) in [6.45, 7) is 2.03. The molecule has 4 heteroatoms. The maximum Gasteiger partial charge on any atom is 0.267 e. The van der Waals surface area contributed by atoms with Gasteiger partial charge in [0, 0.05) is 25.0 Å². The topological polar surface area (TPSA) is 59.2 Å². The summed E-state index contributed by atoms with van der Waals surface area (Å²) in [5.41, 5.74) is 8.10. The van der Waals surface area contributed by atoms with Crippen molar-refractivity contribution in [1.82, 2.24) is 4.98 Å². The number of amides is 1. The third-order valence-electron chi connectivity index (χ3n) is 4.34. The lowest BCUT2D eigenvalue weighted by Crippen LogP contribution is -2.34. The van der Waals surface area contributed by atoms with E-state index >= 15 is 0 Å².